The number of aryl methyl sites for hydroxylation is 1. The lowest BCUT2D eigenvalue weighted by atomic mass is 10.2. The van der Waals surface area contributed by atoms with E-state index in [9.17, 15) is 5.11 Å². The Morgan fingerprint density at radius 2 is 2.24 bits per heavy atom. The molecule has 0 saturated heterocycles. The first-order valence-corrected chi connectivity index (χ1v) is 7.89. The molecule has 0 radical (unpaired) electrons. The molecule has 1 aromatic carbocycles. The van der Waals surface area contributed by atoms with Crippen LogP contribution in [0, 0.1) is 6.92 Å². The van der Waals surface area contributed by atoms with Crippen molar-refractivity contribution >= 4 is 15.9 Å². The van der Waals surface area contributed by atoms with Crippen LogP contribution in [-0.2, 0) is 4.74 Å². The molecule has 0 spiro atoms. The van der Waals surface area contributed by atoms with Crippen LogP contribution in [0.25, 0.3) is 0 Å². The van der Waals surface area contributed by atoms with Crippen LogP contribution in [0.4, 0.5) is 0 Å². The lowest BCUT2D eigenvalue weighted by molar-refractivity contribution is 0.0990. The van der Waals surface area contributed by atoms with Crippen LogP contribution in [0.3, 0.4) is 0 Å². The molecule has 0 fully saturated rings. The fourth-order valence-electron chi connectivity index (χ4n) is 1.65. The van der Waals surface area contributed by atoms with E-state index in [0.29, 0.717) is 26.3 Å². The Labute approximate surface area is 135 Å². The van der Waals surface area contributed by atoms with Gasteiger partial charge in [-0.05, 0) is 47.0 Å². The molecule has 21 heavy (non-hydrogen) atoms. The third-order valence-electron chi connectivity index (χ3n) is 2.79. The van der Waals surface area contributed by atoms with Crippen molar-refractivity contribution in [1.82, 2.24) is 5.32 Å². The molecule has 0 aliphatic rings. The molecular weight excluding hydrogens is 334 g/mol. The van der Waals surface area contributed by atoms with Crippen molar-refractivity contribution in [3.63, 3.8) is 0 Å². The summed E-state index contributed by atoms with van der Waals surface area (Å²) in [5, 5.41) is 13.0. The number of hydrogen-bond acceptors (Lipinski definition) is 4. The molecule has 0 aromatic heterocycles. The molecule has 2 N–H and O–H groups in total. The van der Waals surface area contributed by atoms with Crippen molar-refractivity contribution in [1.29, 1.82) is 0 Å². The molecule has 1 unspecified atom stereocenters. The van der Waals surface area contributed by atoms with Gasteiger partial charge in [0.05, 0.1) is 17.7 Å². The minimum Gasteiger partial charge on any atom is -0.490 e. The topological polar surface area (TPSA) is 50.7 Å². The maximum Gasteiger partial charge on any atom is 0.133 e. The molecule has 118 valence electrons. The van der Waals surface area contributed by atoms with E-state index in [2.05, 4.69) is 27.8 Å². The van der Waals surface area contributed by atoms with Crippen molar-refractivity contribution in [2.24, 2.45) is 0 Å². The van der Waals surface area contributed by atoms with E-state index in [4.69, 9.17) is 9.47 Å². The Morgan fingerprint density at radius 3 is 2.95 bits per heavy atom. The molecule has 4 nitrogen and oxygen atoms in total. The van der Waals surface area contributed by atoms with Crippen LogP contribution < -0.4 is 10.1 Å². The highest BCUT2D eigenvalue weighted by Crippen LogP contribution is 2.25. The van der Waals surface area contributed by atoms with Crippen LogP contribution >= 0.6 is 15.9 Å². The van der Waals surface area contributed by atoms with Crippen LogP contribution in [-0.4, -0.2) is 44.1 Å². The number of rotatable bonds is 11. The smallest absolute Gasteiger partial charge is 0.133 e. The molecular formula is C16H24BrNO3. The lowest BCUT2D eigenvalue weighted by Gasteiger charge is -2.14. The number of aliphatic hydroxyl groups is 1. The molecule has 0 aliphatic carbocycles. The molecule has 0 heterocycles. The second-order valence-electron chi connectivity index (χ2n) is 4.79. The summed E-state index contributed by atoms with van der Waals surface area (Å²) in [6, 6.07) is 5.86. The monoisotopic (exact) mass is 357 g/mol. The molecule has 0 amide bonds. The van der Waals surface area contributed by atoms with Gasteiger partial charge in [0.25, 0.3) is 0 Å². The predicted octanol–water partition coefficient (Wildman–Crippen LogP) is 2.68. The largest absolute Gasteiger partial charge is 0.490 e. The van der Waals surface area contributed by atoms with E-state index in [1.807, 2.05) is 31.2 Å². The van der Waals surface area contributed by atoms with Gasteiger partial charge < -0.3 is 19.9 Å². The second kappa shape index (κ2) is 10.8. The summed E-state index contributed by atoms with van der Waals surface area (Å²) in [6.45, 7) is 8.42. The highest BCUT2D eigenvalue weighted by Gasteiger charge is 2.07. The number of ether oxygens (including phenoxy) is 2. The van der Waals surface area contributed by atoms with Gasteiger partial charge in [0.1, 0.15) is 18.5 Å². The van der Waals surface area contributed by atoms with Crippen molar-refractivity contribution in [2.45, 2.75) is 19.4 Å². The van der Waals surface area contributed by atoms with Gasteiger partial charge in [0.15, 0.2) is 0 Å². The third-order valence-corrected chi connectivity index (χ3v) is 3.41. The molecule has 0 aliphatic heterocycles. The van der Waals surface area contributed by atoms with Crippen LogP contribution in [0.1, 0.15) is 12.0 Å². The summed E-state index contributed by atoms with van der Waals surface area (Å²) in [5.74, 6) is 0.743. The van der Waals surface area contributed by atoms with E-state index in [0.717, 1.165) is 22.2 Å². The Balaban J connectivity index is 2.11. The molecule has 0 saturated carbocycles. The van der Waals surface area contributed by atoms with Crippen molar-refractivity contribution in [3.05, 3.63) is 40.9 Å². The first kappa shape index (κ1) is 18.2. The number of aliphatic hydroxyl groups excluding tert-OH is 1. The van der Waals surface area contributed by atoms with Gasteiger partial charge in [0, 0.05) is 13.1 Å². The number of halogens is 1. The normalized spacial score (nSPS) is 12.1. The summed E-state index contributed by atoms with van der Waals surface area (Å²) < 4.78 is 11.8. The summed E-state index contributed by atoms with van der Waals surface area (Å²) in [7, 11) is 0. The molecule has 1 atom stereocenters. The molecule has 0 bridgehead atoms. The van der Waals surface area contributed by atoms with Crippen LogP contribution in [0.15, 0.2) is 35.3 Å². The number of hydrogen-bond donors (Lipinski definition) is 2. The zero-order chi connectivity index (χ0) is 15.5. The van der Waals surface area contributed by atoms with Crippen LogP contribution in [0.5, 0.6) is 5.75 Å². The molecule has 1 rings (SSSR count). The molecule has 5 heteroatoms. The molecule has 1 aromatic rings. The van der Waals surface area contributed by atoms with Crippen LogP contribution in [0.2, 0.25) is 0 Å². The van der Waals surface area contributed by atoms with E-state index in [1.165, 1.54) is 0 Å². The fourth-order valence-corrected chi connectivity index (χ4v) is 2.26. The summed E-state index contributed by atoms with van der Waals surface area (Å²) in [6.07, 6.45) is 2.14. The predicted molar refractivity (Wildman–Crippen MR) is 88.9 cm³/mol. The lowest BCUT2D eigenvalue weighted by Crippen LogP contribution is -2.33. The SMILES string of the molecule is C=CCCOCCNCC(O)COc1ccc(C)cc1Br. The maximum absolute atomic E-state index is 9.84. The van der Waals surface area contributed by atoms with E-state index in [-0.39, 0.29) is 6.61 Å². The van der Waals surface area contributed by atoms with Gasteiger partial charge in [-0.25, -0.2) is 0 Å². The Kier molecular flexibility index (Phi) is 9.34. The third kappa shape index (κ3) is 8.21. The van der Waals surface area contributed by atoms with E-state index in [1.54, 1.807) is 0 Å². The van der Waals surface area contributed by atoms with E-state index < -0.39 is 6.10 Å². The Morgan fingerprint density at radius 1 is 1.43 bits per heavy atom. The van der Waals surface area contributed by atoms with E-state index >= 15 is 0 Å². The highest BCUT2D eigenvalue weighted by molar-refractivity contribution is 9.10. The van der Waals surface area contributed by atoms with Gasteiger partial charge in [0.2, 0.25) is 0 Å². The maximum atomic E-state index is 9.84. The highest BCUT2D eigenvalue weighted by atomic mass is 79.9. The average Bonchev–Trinajstić information content (AvgIpc) is 2.45. The van der Waals surface area contributed by atoms with Gasteiger partial charge >= 0.3 is 0 Å². The quantitative estimate of drug-likeness (QED) is 0.472. The summed E-state index contributed by atoms with van der Waals surface area (Å²) >= 11 is 3.45. The number of benzene rings is 1. The van der Waals surface area contributed by atoms with Gasteiger partial charge in [-0.2, -0.15) is 0 Å². The standard InChI is InChI=1S/C16H24BrNO3/c1-3-4-8-20-9-7-18-11-14(19)12-21-16-6-5-13(2)10-15(16)17/h3,5-6,10,14,18-19H,1,4,7-9,11-12H2,2H3. The number of nitrogens with one attached hydrogen (secondary N) is 1. The van der Waals surface area contributed by atoms with Crippen molar-refractivity contribution in [2.75, 3.05) is 32.9 Å². The van der Waals surface area contributed by atoms with Gasteiger partial charge in [-0.1, -0.05) is 12.1 Å². The zero-order valence-corrected chi connectivity index (χ0v) is 14.1. The first-order chi connectivity index (χ1) is 10.1. The zero-order valence-electron chi connectivity index (χ0n) is 12.5. The first-order valence-electron chi connectivity index (χ1n) is 7.10. The minimum absolute atomic E-state index is 0.256. The second-order valence-corrected chi connectivity index (χ2v) is 5.65. The minimum atomic E-state index is -0.550. The fraction of sp³-hybridized carbons (Fsp3) is 0.500. The summed E-state index contributed by atoms with van der Waals surface area (Å²) in [4.78, 5) is 0. The Hall–Kier alpha value is -0.880. The summed E-state index contributed by atoms with van der Waals surface area (Å²) in [5.41, 5.74) is 1.16. The van der Waals surface area contributed by atoms with Crippen molar-refractivity contribution < 1.29 is 14.6 Å². The van der Waals surface area contributed by atoms with Gasteiger partial charge in [-0.3, -0.25) is 0 Å². The van der Waals surface area contributed by atoms with Crippen molar-refractivity contribution in [3.8, 4) is 5.75 Å². The van der Waals surface area contributed by atoms with Gasteiger partial charge in [-0.15, -0.1) is 6.58 Å². The average molecular weight is 358 g/mol. The Bertz CT molecular complexity index is 426.